The molecule has 0 aliphatic carbocycles. The first-order valence-electron chi connectivity index (χ1n) is 7.89. The van der Waals surface area contributed by atoms with Crippen LogP contribution in [0.5, 0.6) is 0 Å². The van der Waals surface area contributed by atoms with Crippen molar-refractivity contribution in [3.63, 3.8) is 0 Å². The first-order valence-corrected chi connectivity index (χ1v) is 10.5. The summed E-state index contributed by atoms with van der Waals surface area (Å²) in [6.07, 6.45) is 3.19. The number of amides is 1. The summed E-state index contributed by atoms with van der Waals surface area (Å²) in [4.78, 5) is 14.2. The lowest BCUT2D eigenvalue weighted by atomic mass is 9.99. The van der Waals surface area contributed by atoms with Crippen LogP contribution in [0.2, 0.25) is 10.0 Å². The SMILES string of the molecule is CC1CCN(C(=O)CCN(c2cccc(Cl)c2Cl)S(C)(=O)=O)CC1. The van der Waals surface area contributed by atoms with Crippen LogP contribution in [0.25, 0.3) is 0 Å². The molecule has 1 amide bonds. The molecule has 2 rings (SSSR count). The summed E-state index contributed by atoms with van der Waals surface area (Å²) in [5.74, 6) is 0.598. The van der Waals surface area contributed by atoms with Crippen molar-refractivity contribution in [2.24, 2.45) is 5.92 Å². The fourth-order valence-electron chi connectivity index (χ4n) is 2.76. The van der Waals surface area contributed by atoms with Crippen molar-refractivity contribution >= 4 is 44.8 Å². The molecule has 0 aromatic heterocycles. The van der Waals surface area contributed by atoms with Crippen molar-refractivity contribution in [3.8, 4) is 0 Å². The van der Waals surface area contributed by atoms with Crippen LogP contribution >= 0.6 is 23.2 Å². The van der Waals surface area contributed by atoms with E-state index in [0.29, 0.717) is 11.6 Å². The number of hydrogen-bond acceptors (Lipinski definition) is 3. The van der Waals surface area contributed by atoms with Gasteiger partial charge in [-0.15, -0.1) is 0 Å². The summed E-state index contributed by atoms with van der Waals surface area (Å²) >= 11 is 12.1. The van der Waals surface area contributed by atoms with E-state index < -0.39 is 10.0 Å². The van der Waals surface area contributed by atoms with Crippen LogP contribution in [0.15, 0.2) is 18.2 Å². The van der Waals surface area contributed by atoms with Crippen LogP contribution in [0.1, 0.15) is 26.2 Å². The van der Waals surface area contributed by atoms with Crippen LogP contribution in [0.3, 0.4) is 0 Å². The molecule has 1 heterocycles. The molecular weight excluding hydrogens is 371 g/mol. The number of halogens is 2. The quantitative estimate of drug-likeness (QED) is 0.771. The van der Waals surface area contributed by atoms with Crippen LogP contribution < -0.4 is 4.31 Å². The Bertz CT molecular complexity index is 701. The van der Waals surface area contributed by atoms with E-state index in [0.717, 1.165) is 36.5 Å². The Labute approximate surface area is 153 Å². The summed E-state index contributed by atoms with van der Waals surface area (Å²) in [5.41, 5.74) is 0.298. The average molecular weight is 393 g/mol. The Balaban J connectivity index is 2.11. The molecule has 0 spiro atoms. The van der Waals surface area contributed by atoms with Gasteiger partial charge in [0.05, 0.1) is 22.0 Å². The lowest BCUT2D eigenvalue weighted by molar-refractivity contribution is -0.132. The Hall–Kier alpha value is -0.980. The molecule has 134 valence electrons. The van der Waals surface area contributed by atoms with Crippen LogP contribution in [-0.2, 0) is 14.8 Å². The van der Waals surface area contributed by atoms with Crippen molar-refractivity contribution in [1.29, 1.82) is 0 Å². The largest absolute Gasteiger partial charge is 0.343 e. The van der Waals surface area contributed by atoms with Crippen molar-refractivity contribution in [1.82, 2.24) is 4.90 Å². The van der Waals surface area contributed by atoms with Gasteiger partial charge in [-0.3, -0.25) is 9.10 Å². The minimum atomic E-state index is -3.57. The zero-order valence-corrected chi connectivity index (χ0v) is 16.2. The topological polar surface area (TPSA) is 57.7 Å². The second-order valence-electron chi connectivity index (χ2n) is 6.22. The standard InChI is InChI=1S/C16H22Cl2N2O3S/c1-12-6-9-19(10-7-12)15(21)8-11-20(24(2,22)23)14-5-3-4-13(17)16(14)18/h3-5,12H,6-11H2,1-2H3. The fraction of sp³-hybridized carbons (Fsp3) is 0.562. The van der Waals surface area contributed by atoms with Gasteiger partial charge in [-0.25, -0.2) is 8.42 Å². The molecule has 1 aliphatic rings. The molecule has 5 nitrogen and oxygen atoms in total. The molecule has 0 atom stereocenters. The predicted molar refractivity (Wildman–Crippen MR) is 98.2 cm³/mol. The third-order valence-corrected chi connectivity index (χ3v) is 6.25. The van der Waals surface area contributed by atoms with Crippen LogP contribution in [0.4, 0.5) is 5.69 Å². The maximum atomic E-state index is 12.4. The Morgan fingerprint density at radius 2 is 1.92 bits per heavy atom. The highest BCUT2D eigenvalue weighted by molar-refractivity contribution is 7.92. The lowest BCUT2D eigenvalue weighted by Crippen LogP contribution is -2.40. The van der Waals surface area contributed by atoms with Gasteiger partial charge in [0.15, 0.2) is 0 Å². The minimum absolute atomic E-state index is 0.0336. The Morgan fingerprint density at radius 3 is 2.50 bits per heavy atom. The van der Waals surface area contributed by atoms with E-state index in [-0.39, 0.29) is 28.9 Å². The molecular formula is C16H22Cl2N2O3S. The van der Waals surface area contributed by atoms with Crippen LogP contribution in [0, 0.1) is 5.92 Å². The second kappa shape index (κ2) is 7.93. The highest BCUT2D eigenvalue weighted by Crippen LogP contribution is 2.33. The smallest absolute Gasteiger partial charge is 0.232 e. The van der Waals surface area contributed by atoms with Gasteiger partial charge in [0, 0.05) is 26.1 Å². The van der Waals surface area contributed by atoms with Gasteiger partial charge >= 0.3 is 0 Å². The molecule has 0 bridgehead atoms. The number of likely N-dealkylation sites (tertiary alicyclic amines) is 1. The highest BCUT2D eigenvalue weighted by Gasteiger charge is 2.25. The number of sulfonamides is 1. The van der Waals surface area contributed by atoms with E-state index in [1.807, 2.05) is 0 Å². The first-order chi connectivity index (χ1) is 11.2. The van der Waals surface area contributed by atoms with Crippen molar-refractivity contribution < 1.29 is 13.2 Å². The Kier molecular flexibility index (Phi) is 6.39. The lowest BCUT2D eigenvalue weighted by Gasteiger charge is -2.31. The number of carbonyl (C=O) groups excluding carboxylic acids is 1. The molecule has 24 heavy (non-hydrogen) atoms. The first kappa shape index (κ1) is 19.3. The van der Waals surface area contributed by atoms with Gasteiger partial charge in [0.1, 0.15) is 0 Å². The second-order valence-corrected chi connectivity index (χ2v) is 8.91. The fourth-order valence-corrected chi connectivity index (χ4v) is 4.14. The number of nitrogens with zero attached hydrogens (tertiary/aromatic N) is 2. The maximum Gasteiger partial charge on any atom is 0.232 e. The third kappa shape index (κ3) is 4.77. The number of hydrogen-bond donors (Lipinski definition) is 0. The maximum absolute atomic E-state index is 12.4. The summed E-state index contributed by atoms with van der Waals surface area (Å²) in [6, 6.07) is 4.81. The molecule has 0 saturated carbocycles. The predicted octanol–water partition coefficient (Wildman–Crippen LogP) is 3.41. The van der Waals surface area contributed by atoms with Gasteiger partial charge < -0.3 is 4.90 Å². The van der Waals surface area contributed by atoms with E-state index in [2.05, 4.69) is 6.92 Å². The van der Waals surface area contributed by atoms with Gasteiger partial charge in [0.25, 0.3) is 0 Å². The monoisotopic (exact) mass is 392 g/mol. The normalized spacial score (nSPS) is 16.2. The molecule has 1 aliphatic heterocycles. The van der Waals surface area contributed by atoms with E-state index in [9.17, 15) is 13.2 Å². The summed E-state index contributed by atoms with van der Waals surface area (Å²) in [6.45, 7) is 3.69. The van der Waals surface area contributed by atoms with E-state index in [1.54, 1.807) is 23.1 Å². The van der Waals surface area contributed by atoms with Gasteiger partial charge in [-0.05, 0) is 30.9 Å². The van der Waals surface area contributed by atoms with E-state index >= 15 is 0 Å². The average Bonchev–Trinajstić information content (AvgIpc) is 2.50. The van der Waals surface area contributed by atoms with Crippen LogP contribution in [-0.4, -0.2) is 45.1 Å². The van der Waals surface area contributed by atoms with E-state index in [1.165, 1.54) is 0 Å². The molecule has 1 saturated heterocycles. The molecule has 8 heteroatoms. The minimum Gasteiger partial charge on any atom is -0.343 e. The van der Waals surface area contributed by atoms with Crippen molar-refractivity contribution in [3.05, 3.63) is 28.2 Å². The number of benzene rings is 1. The van der Waals surface area contributed by atoms with Gasteiger partial charge in [-0.2, -0.15) is 0 Å². The third-order valence-electron chi connectivity index (χ3n) is 4.27. The summed E-state index contributed by atoms with van der Waals surface area (Å²) in [7, 11) is -3.57. The number of rotatable bonds is 5. The summed E-state index contributed by atoms with van der Waals surface area (Å²) < 4.78 is 25.4. The van der Waals surface area contributed by atoms with Gasteiger partial charge in [-0.1, -0.05) is 36.2 Å². The molecule has 1 aromatic rings. The highest BCUT2D eigenvalue weighted by atomic mass is 35.5. The Morgan fingerprint density at radius 1 is 1.29 bits per heavy atom. The molecule has 0 unspecified atom stereocenters. The molecule has 1 aromatic carbocycles. The number of piperidine rings is 1. The van der Waals surface area contributed by atoms with Crippen molar-refractivity contribution in [2.75, 3.05) is 30.2 Å². The summed E-state index contributed by atoms with van der Waals surface area (Å²) in [5, 5.41) is 0.447. The molecule has 1 fully saturated rings. The van der Waals surface area contributed by atoms with E-state index in [4.69, 9.17) is 23.2 Å². The molecule has 0 N–H and O–H groups in total. The zero-order valence-electron chi connectivity index (χ0n) is 13.8. The van der Waals surface area contributed by atoms with Crippen molar-refractivity contribution in [2.45, 2.75) is 26.2 Å². The number of carbonyl (C=O) groups is 1. The zero-order chi connectivity index (χ0) is 17.9. The van der Waals surface area contributed by atoms with Gasteiger partial charge in [0.2, 0.25) is 15.9 Å². The molecule has 0 radical (unpaired) electrons. The number of anilines is 1.